The van der Waals surface area contributed by atoms with Crippen molar-refractivity contribution in [3.8, 4) is 0 Å². The van der Waals surface area contributed by atoms with Crippen LogP contribution in [0.3, 0.4) is 0 Å². The quantitative estimate of drug-likeness (QED) is 0.739. The van der Waals surface area contributed by atoms with Crippen molar-refractivity contribution < 1.29 is 13.2 Å². The number of thioether (sulfide) groups is 1. The van der Waals surface area contributed by atoms with Crippen molar-refractivity contribution in [2.45, 2.75) is 55.4 Å². The van der Waals surface area contributed by atoms with Crippen LogP contribution < -0.4 is 10.0 Å². The number of sulfonamides is 1. The van der Waals surface area contributed by atoms with Gasteiger partial charge in [-0.15, -0.1) is 11.8 Å². The Labute approximate surface area is 154 Å². The number of rotatable bonds is 6. The molecule has 0 aromatic heterocycles. The van der Waals surface area contributed by atoms with E-state index in [0.717, 1.165) is 24.2 Å². The van der Waals surface area contributed by atoms with Crippen LogP contribution >= 0.6 is 11.8 Å². The number of hydrogen-bond acceptors (Lipinski definition) is 4. The van der Waals surface area contributed by atoms with E-state index < -0.39 is 10.0 Å². The lowest BCUT2D eigenvalue weighted by molar-refractivity contribution is -0.118. The van der Waals surface area contributed by atoms with Crippen LogP contribution in [0.5, 0.6) is 0 Å². The zero-order chi connectivity index (χ0) is 18.2. The summed E-state index contributed by atoms with van der Waals surface area (Å²) in [5, 5.41) is 2.84. The van der Waals surface area contributed by atoms with Crippen molar-refractivity contribution >= 4 is 33.4 Å². The molecule has 2 N–H and O–H groups in total. The fourth-order valence-electron chi connectivity index (χ4n) is 3.89. The molecule has 3 atom stereocenters. The highest BCUT2D eigenvalue weighted by atomic mass is 32.2. The molecular formula is C18H26N2O3S2. The Morgan fingerprint density at radius 2 is 2.00 bits per heavy atom. The second-order valence-corrected chi connectivity index (χ2v) is 9.97. The van der Waals surface area contributed by atoms with Crippen LogP contribution in [0.25, 0.3) is 0 Å². The minimum Gasteiger partial charge on any atom is -0.325 e. The van der Waals surface area contributed by atoms with E-state index in [4.69, 9.17) is 0 Å². The van der Waals surface area contributed by atoms with Gasteiger partial charge in [-0.25, -0.2) is 13.1 Å². The van der Waals surface area contributed by atoms with E-state index in [0.29, 0.717) is 17.5 Å². The molecule has 5 nitrogen and oxygen atoms in total. The number of anilines is 1. The first kappa shape index (κ1) is 18.7. The first-order valence-electron chi connectivity index (χ1n) is 8.81. The Bertz CT molecular complexity index is 762. The van der Waals surface area contributed by atoms with Gasteiger partial charge < -0.3 is 5.32 Å². The monoisotopic (exact) mass is 382 g/mol. The second kappa shape index (κ2) is 7.29. The summed E-state index contributed by atoms with van der Waals surface area (Å²) in [6, 6.07) is 5.00. The molecule has 1 amide bonds. The maximum Gasteiger partial charge on any atom is 0.240 e. The molecule has 7 heteroatoms. The first-order chi connectivity index (χ1) is 11.8. The van der Waals surface area contributed by atoms with Crippen LogP contribution in [-0.2, 0) is 14.8 Å². The van der Waals surface area contributed by atoms with Crippen LogP contribution in [0.15, 0.2) is 28.0 Å². The van der Waals surface area contributed by atoms with Crippen molar-refractivity contribution in [2.75, 3.05) is 11.6 Å². The topological polar surface area (TPSA) is 75.3 Å². The highest BCUT2D eigenvalue weighted by molar-refractivity contribution is 7.98. The Morgan fingerprint density at radius 1 is 1.24 bits per heavy atom. The van der Waals surface area contributed by atoms with Crippen LogP contribution in [0, 0.1) is 17.8 Å². The Kier molecular flexibility index (Phi) is 5.46. The summed E-state index contributed by atoms with van der Waals surface area (Å²) in [7, 11) is -3.58. The lowest BCUT2D eigenvalue weighted by Gasteiger charge is -2.23. The molecule has 0 spiro atoms. The highest BCUT2D eigenvalue weighted by Crippen LogP contribution is 2.45. The fraction of sp³-hybridized carbons (Fsp3) is 0.611. The minimum atomic E-state index is -3.58. The van der Waals surface area contributed by atoms with Gasteiger partial charge in [0.2, 0.25) is 15.9 Å². The molecule has 0 unspecified atom stereocenters. The van der Waals surface area contributed by atoms with Gasteiger partial charge in [0, 0.05) is 16.9 Å². The van der Waals surface area contributed by atoms with Gasteiger partial charge >= 0.3 is 0 Å². The normalized spacial score (nSPS) is 25.5. The smallest absolute Gasteiger partial charge is 0.240 e. The zero-order valence-corrected chi connectivity index (χ0v) is 16.5. The zero-order valence-electron chi connectivity index (χ0n) is 14.9. The predicted molar refractivity (Wildman–Crippen MR) is 101 cm³/mol. The average Bonchev–Trinajstić information content (AvgIpc) is 3.17. The second-order valence-electron chi connectivity index (χ2n) is 7.41. The third kappa shape index (κ3) is 4.04. The van der Waals surface area contributed by atoms with E-state index in [1.165, 1.54) is 18.2 Å². The predicted octanol–water partition coefficient (Wildman–Crippen LogP) is 3.47. The van der Waals surface area contributed by atoms with Crippen LogP contribution in [0.1, 0.15) is 39.5 Å². The maximum absolute atomic E-state index is 12.8. The van der Waals surface area contributed by atoms with Crippen molar-refractivity contribution in [1.82, 2.24) is 4.72 Å². The van der Waals surface area contributed by atoms with Gasteiger partial charge in [-0.2, -0.15) is 0 Å². The third-order valence-corrected chi connectivity index (χ3v) is 7.59. The molecule has 3 rings (SSSR count). The average molecular weight is 383 g/mol. The Morgan fingerprint density at radius 3 is 2.56 bits per heavy atom. The molecule has 138 valence electrons. The van der Waals surface area contributed by atoms with Crippen molar-refractivity contribution in [3.63, 3.8) is 0 Å². The summed E-state index contributed by atoms with van der Waals surface area (Å²) < 4.78 is 28.5. The van der Waals surface area contributed by atoms with Gasteiger partial charge in [0.15, 0.2) is 0 Å². The molecule has 1 aromatic carbocycles. The fourth-order valence-corrected chi connectivity index (χ4v) is 5.76. The van der Waals surface area contributed by atoms with Gasteiger partial charge in [0.25, 0.3) is 0 Å². The van der Waals surface area contributed by atoms with Gasteiger partial charge in [-0.3, -0.25) is 4.79 Å². The molecule has 2 saturated carbocycles. The summed E-state index contributed by atoms with van der Waals surface area (Å²) >= 11 is 1.48. The minimum absolute atomic E-state index is 0.0534. The van der Waals surface area contributed by atoms with Crippen molar-refractivity contribution in [1.29, 1.82) is 0 Å². The third-order valence-electron chi connectivity index (χ3n) is 5.31. The summed E-state index contributed by atoms with van der Waals surface area (Å²) in [6.07, 6.45) is 6.36. The number of nitrogens with one attached hydrogen (secondary N) is 2. The first-order valence-corrected chi connectivity index (χ1v) is 11.5. The van der Waals surface area contributed by atoms with E-state index in [2.05, 4.69) is 10.0 Å². The summed E-state index contributed by atoms with van der Waals surface area (Å²) in [6.45, 7) is 3.62. The SMILES string of the molecule is CSc1ccc(S(=O)(=O)N[C@H]2C[C@H]3CC[C@H]2C3)cc1NC(=O)C(C)C. The lowest BCUT2D eigenvalue weighted by atomic mass is 9.96. The van der Waals surface area contributed by atoms with Crippen molar-refractivity contribution in [3.05, 3.63) is 18.2 Å². The van der Waals surface area contributed by atoms with E-state index in [9.17, 15) is 13.2 Å². The standard InChI is InChI=1S/C18H26N2O3S2/c1-11(2)18(21)19-16-10-14(6-7-17(16)24-3)25(22,23)20-15-9-12-4-5-13(15)8-12/h6-7,10-13,15,20H,4-5,8-9H2,1-3H3,(H,19,21)/t12-,13-,15-/m0/s1. The molecule has 2 aliphatic rings. The van der Waals surface area contributed by atoms with Crippen LogP contribution in [0.2, 0.25) is 0 Å². The number of benzene rings is 1. The molecular weight excluding hydrogens is 356 g/mol. The Hall–Kier alpha value is -1.05. The van der Waals surface area contributed by atoms with Gasteiger partial charge in [0.05, 0.1) is 10.6 Å². The Balaban J connectivity index is 1.82. The van der Waals surface area contributed by atoms with E-state index >= 15 is 0 Å². The number of amides is 1. The lowest BCUT2D eigenvalue weighted by Crippen LogP contribution is -2.38. The highest BCUT2D eigenvalue weighted by Gasteiger charge is 2.41. The molecule has 0 saturated heterocycles. The molecule has 1 aromatic rings. The van der Waals surface area contributed by atoms with E-state index in [-0.39, 0.29) is 22.8 Å². The molecule has 0 heterocycles. The molecule has 0 radical (unpaired) electrons. The molecule has 0 aliphatic heterocycles. The molecule has 2 aliphatic carbocycles. The summed E-state index contributed by atoms with van der Waals surface area (Å²) in [5.41, 5.74) is 0.557. The number of hydrogen-bond donors (Lipinski definition) is 2. The largest absolute Gasteiger partial charge is 0.325 e. The number of carbonyl (C=O) groups excluding carboxylic acids is 1. The molecule has 25 heavy (non-hydrogen) atoms. The van der Waals surface area contributed by atoms with Crippen LogP contribution in [-0.4, -0.2) is 26.6 Å². The summed E-state index contributed by atoms with van der Waals surface area (Å²) in [5.74, 6) is 0.871. The van der Waals surface area contributed by atoms with Gasteiger partial charge in [-0.1, -0.05) is 20.3 Å². The summed E-state index contributed by atoms with van der Waals surface area (Å²) in [4.78, 5) is 13.1. The molecule has 2 fully saturated rings. The van der Waals surface area contributed by atoms with Crippen LogP contribution in [0.4, 0.5) is 5.69 Å². The number of carbonyl (C=O) groups is 1. The van der Waals surface area contributed by atoms with Gasteiger partial charge in [0.1, 0.15) is 0 Å². The van der Waals surface area contributed by atoms with Crippen molar-refractivity contribution in [2.24, 2.45) is 17.8 Å². The maximum atomic E-state index is 12.8. The van der Waals surface area contributed by atoms with Gasteiger partial charge in [-0.05, 0) is 55.6 Å². The number of fused-ring (bicyclic) bond motifs is 2. The molecule has 2 bridgehead atoms. The van der Waals surface area contributed by atoms with E-state index in [1.54, 1.807) is 18.2 Å². The van der Waals surface area contributed by atoms with E-state index in [1.807, 2.05) is 20.1 Å².